The highest BCUT2D eigenvalue weighted by Crippen LogP contribution is 2.19. The minimum absolute atomic E-state index is 0.0354. The number of hydrogen-bond donors (Lipinski definition) is 7. The van der Waals surface area contributed by atoms with Gasteiger partial charge in [0.25, 0.3) is 11.9 Å². The first-order valence-corrected chi connectivity index (χ1v) is 12.0. The minimum Gasteiger partial charge on any atom is -0.481 e. The number of rotatable bonds is 11. The molecule has 0 saturated heterocycles. The molecule has 0 aliphatic carbocycles. The number of carboxylic acids is 1. The van der Waals surface area contributed by atoms with Gasteiger partial charge in [-0.15, -0.1) is 0 Å². The maximum absolute atomic E-state index is 12.9. The molecule has 0 radical (unpaired) electrons. The van der Waals surface area contributed by atoms with Gasteiger partial charge in [-0.05, 0) is 36.1 Å². The number of fused-ring (bicyclic) bond motifs is 1. The van der Waals surface area contributed by atoms with Gasteiger partial charge in [-0.25, -0.2) is 4.79 Å². The fourth-order valence-corrected chi connectivity index (χ4v) is 3.37. The molecule has 0 unspecified atom stereocenters. The van der Waals surface area contributed by atoms with Gasteiger partial charge in [0.1, 0.15) is 11.6 Å². The van der Waals surface area contributed by atoms with Crippen LogP contribution < -0.4 is 33.2 Å². The van der Waals surface area contributed by atoms with Gasteiger partial charge in [0.05, 0.1) is 0 Å². The van der Waals surface area contributed by atoms with Crippen molar-refractivity contribution in [2.75, 3.05) is 6.54 Å². The molecule has 0 fully saturated rings. The molecular formula is C26H33N7O6. The third kappa shape index (κ3) is 11.2. The summed E-state index contributed by atoms with van der Waals surface area (Å²) in [5.41, 5.74) is 18.1. The number of carboxylic acid groups (broad SMARTS) is 1. The van der Waals surface area contributed by atoms with Crippen LogP contribution in [0.2, 0.25) is 0 Å². The summed E-state index contributed by atoms with van der Waals surface area (Å²) in [6, 6.07) is 14.8. The Labute approximate surface area is 224 Å². The zero-order chi connectivity index (χ0) is 28.8. The van der Waals surface area contributed by atoms with Crippen LogP contribution in [0.25, 0.3) is 11.0 Å². The van der Waals surface area contributed by atoms with E-state index in [1.165, 1.54) is 0 Å². The van der Waals surface area contributed by atoms with Crippen LogP contribution in [0.4, 0.5) is 4.79 Å². The standard InChI is InChI=1S/C24H29N7O4.C2H4O2/c25-23(26)28-11-3-5-18(31-22(33)20-12-17-4-1-2-6-19(17)35-20)21(32)29-13-15-7-9-16(10-8-15)14-30-24(27)34;1-2(3)4/h1-2,4,6-10,12,18H,3,5,11,13-14H2,(H,29,32)(H,31,33)(H4,25,26,28)(H3,27,30,34);1H3,(H,3,4)/t18-;/m1./s1. The number of primary amides is 1. The normalized spacial score (nSPS) is 10.9. The van der Waals surface area contributed by atoms with Crippen molar-refractivity contribution in [1.82, 2.24) is 16.0 Å². The van der Waals surface area contributed by atoms with Gasteiger partial charge in [-0.1, -0.05) is 42.5 Å². The smallest absolute Gasteiger partial charge is 0.312 e. The Balaban J connectivity index is 0.00000124. The molecule has 1 atom stereocenters. The summed E-state index contributed by atoms with van der Waals surface area (Å²) in [6.07, 6.45) is 0.810. The molecule has 0 aliphatic rings. The maximum atomic E-state index is 12.9. The van der Waals surface area contributed by atoms with Crippen molar-refractivity contribution < 1.29 is 28.7 Å². The van der Waals surface area contributed by atoms with Crippen molar-refractivity contribution in [3.63, 3.8) is 0 Å². The lowest BCUT2D eigenvalue weighted by atomic mass is 10.1. The van der Waals surface area contributed by atoms with E-state index < -0.39 is 23.9 Å². The molecule has 0 bridgehead atoms. The molecule has 13 nitrogen and oxygen atoms in total. The first kappa shape index (κ1) is 30.2. The Morgan fingerprint density at radius 3 is 2.10 bits per heavy atom. The number of nitrogens with one attached hydrogen (secondary N) is 3. The molecular weight excluding hydrogens is 506 g/mol. The van der Waals surface area contributed by atoms with Crippen LogP contribution >= 0.6 is 0 Å². The molecule has 0 saturated carbocycles. The van der Waals surface area contributed by atoms with Gasteiger partial charge in [-0.3, -0.25) is 19.4 Å². The summed E-state index contributed by atoms with van der Waals surface area (Å²) in [6.45, 7) is 1.98. The van der Waals surface area contributed by atoms with Crippen molar-refractivity contribution in [3.8, 4) is 0 Å². The predicted octanol–water partition coefficient (Wildman–Crippen LogP) is 1.16. The fourth-order valence-electron chi connectivity index (χ4n) is 3.37. The molecule has 2 aromatic carbocycles. The lowest BCUT2D eigenvalue weighted by Crippen LogP contribution is -2.46. The zero-order valence-corrected chi connectivity index (χ0v) is 21.5. The second-order valence-electron chi connectivity index (χ2n) is 8.39. The highest BCUT2D eigenvalue weighted by molar-refractivity contribution is 5.98. The molecule has 1 heterocycles. The summed E-state index contributed by atoms with van der Waals surface area (Å²) in [4.78, 5) is 49.5. The average Bonchev–Trinajstić information content (AvgIpc) is 3.32. The average molecular weight is 540 g/mol. The highest BCUT2D eigenvalue weighted by Gasteiger charge is 2.23. The Morgan fingerprint density at radius 2 is 1.54 bits per heavy atom. The van der Waals surface area contributed by atoms with Gasteiger partial charge < -0.3 is 42.7 Å². The van der Waals surface area contributed by atoms with Crippen molar-refractivity contribution in [2.24, 2.45) is 22.2 Å². The summed E-state index contributed by atoms with van der Waals surface area (Å²) in [7, 11) is 0. The molecule has 3 aromatic rings. The molecule has 0 spiro atoms. The Hall–Kier alpha value is -5.07. The van der Waals surface area contributed by atoms with Crippen LogP contribution in [-0.4, -0.2) is 47.5 Å². The van der Waals surface area contributed by atoms with Crippen LogP contribution in [0, 0.1) is 0 Å². The summed E-state index contributed by atoms with van der Waals surface area (Å²) < 4.78 is 5.61. The SMILES string of the molecule is CC(=O)O.NC(=O)NCc1ccc(CNC(=O)[C@@H](CCCN=C(N)N)NC(=O)c2cc3ccccc3o2)cc1. The van der Waals surface area contributed by atoms with Gasteiger partial charge >= 0.3 is 6.03 Å². The number of furan rings is 1. The monoisotopic (exact) mass is 539 g/mol. The maximum Gasteiger partial charge on any atom is 0.312 e. The number of guanidine groups is 1. The summed E-state index contributed by atoms with van der Waals surface area (Å²) >= 11 is 0. The third-order valence-corrected chi connectivity index (χ3v) is 5.17. The summed E-state index contributed by atoms with van der Waals surface area (Å²) in [5, 5.41) is 16.3. The molecule has 10 N–H and O–H groups in total. The van der Waals surface area contributed by atoms with Crippen LogP contribution in [0.1, 0.15) is 41.4 Å². The van der Waals surface area contributed by atoms with E-state index in [2.05, 4.69) is 20.9 Å². The lowest BCUT2D eigenvalue weighted by molar-refractivity contribution is -0.134. The zero-order valence-electron chi connectivity index (χ0n) is 21.5. The number of benzene rings is 2. The minimum atomic E-state index is -0.833. The largest absolute Gasteiger partial charge is 0.481 e. The van der Waals surface area contributed by atoms with Crippen LogP contribution in [0.5, 0.6) is 0 Å². The number of urea groups is 1. The van der Waals surface area contributed by atoms with Crippen LogP contribution in [0.3, 0.4) is 0 Å². The molecule has 0 aliphatic heterocycles. The van der Waals surface area contributed by atoms with Gasteiger partial charge in [0.2, 0.25) is 5.91 Å². The number of nitrogens with two attached hydrogens (primary N) is 3. The molecule has 1 aromatic heterocycles. The first-order chi connectivity index (χ1) is 18.5. The first-order valence-electron chi connectivity index (χ1n) is 12.0. The number of hydrogen-bond acceptors (Lipinski definition) is 6. The van der Waals surface area contributed by atoms with Crippen LogP contribution in [-0.2, 0) is 22.7 Å². The summed E-state index contributed by atoms with van der Waals surface area (Å²) in [5.74, 6) is -1.59. The molecule has 208 valence electrons. The number of aliphatic imine (C=N–C) groups is 1. The number of para-hydroxylation sites is 1. The number of carbonyl (C=O) groups is 4. The van der Waals surface area contributed by atoms with E-state index >= 15 is 0 Å². The molecule has 4 amide bonds. The van der Waals surface area contributed by atoms with Gasteiger partial charge in [0, 0.05) is 31.9 Å². The number of carbonyl (C=O) groups excluding carboxylic acids is 3. The van der Waals surface area contributed by atoms with E-state index in [1.807, 2.05) is 42.5 Å². The Morgan fingerprint density at radius 1 is 0.949 bits per heavy atom. The van der Waals surface area contributed by atoms with Crippen molar-refractivity contribution in [3.05, 3.63) is 71.5 Å². The highest BCUT2D eigenvalue weighted by atomic mass is 16.4. The fraction of sp³-hybridized carbons (Fsp3) is 0.269. The van der Waals surface area contributed by atoms with Gasteiger partial charge in [-0.2, -0.15) is 0 Å². The molecule has 3 rings (SSSR count). The Kier molecular flexibility index (Phi) is 11.8. The van der Waals surface area contributed by atoms with E-state index in [0.29, 0.717) is 31.5 Å². The topological polar surface area (TPSA) is 228 Å². The van der Waals surface area contributed by atoms with E-state index in [9.17, 15) is 14.4 Å². The number of aliphatic carboxylic acids is 1. The number of amides is 4. The van der Waals surface area contributed by atoms with Crippen molar-refractivity contribution >= 4 is 40.7 Å². The third-order valence-electron chi connectivity index (χ3n) is 5.17. The van der Waals surface area contributed by atoms with E-state index in [-0.39, 0.29) is 24.2 Å². The second kappa shape index (κ2) is 15.2. The van der Waals surface area contributed by atoms with E-state index in [0.717, 1.165) is 23.4 Å². The predicted molar refractivity (Wildman–Crippen MR) is 145 cm³/mol. The lowest BCUT2D eigenvalue weighted by Gasteiger charge is -2.18. The number of nitrogens with zero attached hydrogens (tertiary/aromatic N) is 1. The van der Waals surface area contributed by atoms with Crippen molar-refractivity contribution in [2.45, 2.75) is 38.9 Å². The molecule has 13 heteroatoms. The van der Waals surface area contributed by atoms with Crippen LogP contribution in [0.15, 0.2) is 64.0 Å². The second-order valence-corrected chi connectivity index (χ2v) is 8.39. The van der Waals surface area contributed by atoms with Crippen molar-refractivity contribution in [1.29, 1.82) is 0 Å². The quantitative estimate of drug-likeness (QED) is 0.106. The van der Waals surface area contributed by atoms with E-state index in [4.69, 9.17) is 31.5 Å². The van der Waals surface area contributed by atoms with Gasteiger partial charge in [0.15, 0.2) is 11.7 Å². The molecule has 39 heavy (non-hydrogen) atoms. The Bertz CT molecular complexity index is 1260. The van der Waals surface area contributed by atoms with E-state index in [1.54, 1.807) is 12.1 Å².